The van der Waals surface area contributed by atoms with Crippen molar-refractivity contribution >= 4 is 34.3 Å². The van der Waals surface area contributed by atoms with Crippen molar-refractivity contribution in [2.24, 2.45) is 0 Å². The Morgan fingerprint density at radius 1 is 1.31 bits per heavy atom. The van der Waals surface area contributed by atoms with Gasteiger partial charge in [0.2, 0.25) is 0 Å². The normalized spacial score (nSPS) is 17.6. The molecule has 0 atom stereocenters. The Kier molecular flexibility index (Phi) is 2.53. The Bertz CT molecular complexity index is 514. The van der Waals surface area contributed by atoms with Crippen LogP contribution >= 0.6 is 34.3 Å². The Morgan fingerprint density at radius 3 is 2.75 bits per heavy atom. The number of thiazole rings is 2. The van der Waals surface area contributed by atoms with Gasteiger partial charge in [-0.3, -0.25) is 0 Å². The summed E-state index contributed by atoms with van der Waals surface area (Å²) in [6, 6.07) is 0. The second-order valence-electron chi connectivity index (χ2n) is 4.13. The van der Waals surface area contributed by atoms with Gasteiger partial charge < -0.3 is 0 Å². The minimum Gasteiger partial charge on any atom is -0.246 e. The van der Waals surface area contributed by atoms with Crippen LogP contribution in [0.1, 0.15) is 34.2 Å². The summed E-state index contributed by atoms with van der Waals surface area (Å²) in [5.41, 5.74) is 2.17. The summed E-state index contributed by atoms with van der Waals surface area (Å²) < 4.78 is 0. The van der Waals surface area contributed by atoms with Crippen molar-refractivity contribution in [2.75, 3.05) is 0 Å². The third kappa shape index (κ3) is 2.01. The summed E-state index contributed by atoms with van der Waals surface area (Å²) in [5, 5.41) is 6.42. The van der Waals surface area contributed by atoms with E-state index in [-0.39, 0.29) is 4.87 Å². The van der Waals surface area contributed by atoms with Gasteiger partial charge in [0.25, 0.3) is 0 Å². The van der Waals surface area contributed by atoms with Crippen molar-refractivity contribution in [1.82, 2.24) is 9.97 Å². The van der Waals surface area contributed by atoms with Crippen LogP contribution in [0.25, 0.3) is 0 Å². The molecule has 1 fully saturated rings. The molecule has 16 heavy (non-hydrogen) atoms. The number of hydrogen-bond acceptors (Lipinski definition) is 4. The summed E-state index contributed by atoms with van der Waals surface area (Å²) in [6.07, 6.45) is 2.96. The van der Waals surface area contributed by atoms with E-state index in [1.807, 2.05) is 6.92 Å². The van der Waals surface area contributed by atoms with E-state index in [4.69, 9.17) is 11.6 Å². The van der Waals surface area contributed by atoms with Crippen molar-refractivity contribution in [2.45, 2.75) is 31.1 Å². The second-order valence-corrected chi connectivity index (χ2v) is 6.85. The zero-order valence-electron chi connectivity index (χ0n) is 8.86. The Labute approximate surface area is 107 Å². The third-order valence-electron chi connectivity index (χ3n) is 2.70. The molecule has 2 heterocycles. The van der Waals surface area contributed by atoms with Crippen molar-refractivity contribution in [1.29, 1.82) is 0 Å². The van der Waals surface area contributed by atoms with Crippen LogP contribution in [0.4, 0.5) is 0 Å². The van der Waals surface area contributed by atoms with Crippen LogP contribution in [0.5, 0.6) is 0 Å². The van der Waals surface area contributed by atoms with Gasteiger partial charge in [0.15, 0.2) is 0 Å². The molecule has 0 amide bonds. The number of rotatable bonds is 3. The zero-order valence-corrected chi connectivity index (χ0v) is 11.3. The molecule has 0 bridgehead atoms. The number of hydrogen-bond donors (Lipinski definition) is 0. The average Bonchev–Trinajstić information content (AvgIpc) is 2.68. The quantitative estimate of drug-likeness (QED) is 0.795. The van der Waals surface area contributed by atoms with E-state index in [9.17, 15) is 0 Å². The van der Waals surface area contributed by atoms with E-state index in [1.54, 1.807) is 22.7 Å². The second kappa shape index (κ2) is 3.79. The molecule has 0 spiro atoms. The maximum absolute atomic E-state index is 6.32. The SMILES string of the molecule is Cc1nc(Cc2nc(C3(Cl)CC3)cs2)cs1. The molecule has 2 nitrogen and oxygen atoms in total. The summed E-state index contributed by atoms with van der Waals surface area (Å²) in [5.74, 6) is 0. The van der Waals surface area contributed by atoms with Crippen LogP contribution in [0.2, 0.25) is 0 Å². The molecule has 0 unspecified atom stereocenters. The van der Waals surface area contributed by atoms with E-state index in [1.165, 1.54) is 0 Å². The molecule has 1 saturated carbocycles. The van der Waals surface area contributed by atoms with Crippen molar-refractivity contribution in [3.63, 3.8) is 0 Å². The maximum Gasteiger partial charge on any atom is 0.0989 e. The van der Waals surface area contributed by atoms with Gasteiger partial charge in [-0.15, -0.1) is 34.3 Å². The first-order valence-electron chi connectivity index (χ1n) is 5.20. The molecule has 0 saturated heterocycles. The molecular formula is C11H11ClN2S2. The van der Waals surface area contributed by atoms with E-state index in [0.717, 1.165) is 40.7 Å². The molecule has 1 aliphatic carbocycles. The monoisotopic (exact) mass is 270 g/mol. The number of nitrogens with zero attached hydrogens (tertiary/aromatic N) is 2. The highest BCUT2D eigenvalue weighted by Gasteiger charge is 2.44. The highest BCUT2D eigenvalue weighted by Crippen LogP contribution is 2.51. The summed E-state index contributed by atoms with van der Waals surface area (Å²) in [7, 11) is 0. The molecule has 0 aromatic carbocycles. The van der Waals surface area contributed by atoms with Crippen LogP contribution in [-0.4, -0.2) is 9.97 Å². The van der Waals surface area contributed by atoms with Crippen LogP contribution in [0, 0.1) is 6.92 Å². The molecule has 5 heteroatoms. The third-order valence-corrected chi connectivity index (χ3v) is 4.94. The highest BCUT2D eigenvalue weighted by atomic mass is 35.5. The lowest BCUT2D eigenvalue weighted by Gasteiger charge is -1.98. The maximum atomic E-state index is 6.32. The van der Waals surface area contributed by atoms with Gasteiger partial charge in [-0.1, -0.05) is 0 Å². The first-order chi connectivity index (χ1) is 7.66. The van der Waals surface area contributed by atoms with E-state index in [0.29, 0.717) is 0 Å². The Hall–Kier alpha value is -0.450. The van der Waals surface area contributed by atoms with Crippen LogP contribution < -0.4 is 0 Å². The average molecular weight is 271 g/mol. The van der Waals surface area contributed by atoms with Gasteiger partial charge in [0.1, 0.15) is 0 Å². The van der Waals surface area contributed by atoms with E-state index in [2.05, 4.69) is 20.7 Å². The Morgan fingerprint density at radius 2 is 2.12 bits per heavy atom. The van der Waals surface area contributed by atoms with Gasteiger partial charge in [0, 0.05) is 17.2 Å². The first-order valence-corrected chi connectivity index (χ1v) is 7.34. The summed E-state index contributed by atoms with van der Waals surface area (Å²) >= 11 is 9.70. The minimum atomic E-state index is -0.132. The number of halogens is 1. The predicted octanol–water partition coefficient (Wildman–Crippen LogP) is 3.73. The number of alkyl halides is 1. The van der Waals surface area contributed by atoms with Crippen molar-refractivity contribution in [3.8, 4) is 0 Å². The first kappa shape index (κ1) is 10.7. The lowest BCUT2D eigenvalue weighted by atomic mass is 10.3. The number of aryl methyl sites for hydroxylation is 1. The summed E-state index contributed by atoms with van der Waals surface area (Å²) in [4.78, 5) is 8.91. The van der Waals surface area contributed by atoms with Crippen molar-refractivity contribution < 1.29 is 0 Å². The van der Waals surface area contributed by atoms with E-state index >= 15 is 0 Å². The molecule has 0 N–H and O–H groups in total. The lowest BCUT2D eigenvalue weighted by Crippen LogP contribution is -1.97. The molecule has 0 radical (unpaired) electrons. The largest absolute Gasteiger partial charge is 0.246 e. The van der Waals surface area contributed by atoms with Gasteiger partial charge in [-0.05, 0) is 19.8 Å². The van der Waals surface area contributed by atoms with Crippen LogP contribution in [0.15, 0.2) is 10.8 Å². The molecule has 84 valence electrons. The fraction of sp³-hybridized carbons (Fsp3) is 0.455. The van der Waals surface area contributed by atoms with Crippen LogP contribution in [-0.2, 0) is 11.3 Å². The topological polar surface area (TPSA) is 25.8 Å². The number of aromatic nitrogens is 2. The predicted molar refractivity (Wildman–Crippen MR) is 68.5 cm³/mol. The molecule has 2 aromatic heterocycles. The summed E-state index contributed by atoms with van der Waals surface area (Å²) in [6.45, 7) is 2.03. The Balaban J connectivity index is 1.78. The smallest absolute Gasteiger partial charge is 0.0989 e. The zero-order chi connectivity index (χ0) is 11.2. The van der Waals surface area contributed by atoms with Gasteiger partial charge in [-0.25, -0.2) is 9.97 Å². The van der Waals surface area contributed by atoms with E-state index < -0.39 is 0 Å². The van der Waals surface area contributed by atoms with Gasteiger partial charge in [-0.2, -0.15) is 0 Å². The van der Waals surface area contributed by atoms with Crippen molar-refractivity contribution in [3.05, 3.63) is 32.2 Å². The molecule has 1 aliphatic rings. The van der Waals surface area contributed by atoms with Gasteiger partial charge >= 0.3 is 0 Å². The molecule has 2 aromatic rings. The standard InChI is InChI=1S/C11H11ClN2S2/c1-7-13-8(5-15-7)4-10-14-9(6-16-10)11(12)2-3-11/h5-6H,2-4H2,1H3. The molecule has 3 rings (SSSR count). The van der Waals surface area contributed by atoms with Crippen LogP contribution in [0.3, 0.4) is 0 Å². The minimum absolute atomic E-state index is 0.132. The fourth-order valence-electron chi connectivity index (χ4n) is 1.61. The molecule has 0 aliphatic heterocycles. The lowest BCUT2D eigenvalue weighted by molar-refractivity contribution is 0.929. The molecular weight excluding hydrogens is 260 g/mol. The highest BCUT2D eigenvalue weighted by molar-refractivity contribution is 7.10. The fourth-order valence-corrected chi connectivity index (χ4v) is 3.38. The van der Waals surface area contributed by atoms with Gasteiger partial charge in [0.05, 0.1) is 26.3 Å².